The van der Waals surface area contributed by atoms with Crippen LogP contribution in [-0.2, 0) is 4.74 Å². The molecule has 0 N–H and O–H groups in total. The highest BCUT2D eigenvalue weighted by atomic mass is 32.1. The summed E-state index contributed by atoms with van der Waals surface area (Å²) >= 11 is 1.36. The van der Waals surface area contributed by atoms with E-state index in [9.17, 15) is 4.79 Å². The molecule has 1 fully saturated rings. The second kappa shape index (κ2) is 8.82. The maximum Gasteiger partial charge on any atom is 0.353 e. The van der Waals surface area contributed by atoms with Gasteiger partial charge in [0.05, 0.1) is 18.9 Å². The highest BCUT2D eigenvalue weighted by Gasteiger charge is 2.11. The Bertz CT molecular complexity index is 946. The third-order valence-electron chi connectivity index (χ3n) is 4.38. The zero-order chi connectivity index (χ0) is 19.2. The lowest BCUT2D eigenvalue weighted by Gasteiger charge is -2.28. The van der Waals surface area contributed by atoms with Crippen molar-refractivity contribution in [3.05, 3.63) is 76.5 Å². The van der Waals surface area contributed by atoms with Crippen molar-refractivity contribution in [3.8, 4) is 5.75 Å². The van der Waals surface area contributed by atoms with Gasteiger partial charge in [0.25, 0.3) is 0 Å². The molecule has 1 aliphatic rings. The summed E-state index contributed by atoms with van der Waals surface area (Å²) in [6.45, 7) is 3.37. The third-order valence-corrected chi connectivity index (χ3v) is 5.23. The number of thiophene rings is 1. The summed E-state index contributed by atoms with van der Waals surface area (Å²) < 4.78 is 10.8. The lowest BCUT2D eigenvalue weighted by Crippen LogP contribution is -2.36. The van der Waals surface area contributed by atoms with Gasteiger partial charge in [0.1, 0.15) is 10.6 Å². The van der Waals surface area contributed by atoms with Gasteiger partial charge in [-0.1, -0.05) is 18.2 Å². The lowest BCUT2D eigenvalue weighted by atomic mass is 10.2. The molecule has 3 aromatic rings. The van der Waals surface area contributed by atoms with Crippen molar-refractivity contribution in [1.29, 1.82) is 0 Å². The molecular weight excluding hydrogens is 372 g/mol. The van der Waals surface area contributed by atoms with E-state index in [1.54, 1.807) is 24.4 Å². The summed E-state index contributed by atoms with van der Waals surface area (Å²) in [5, 5.41) is 1.85. The summed E-state index contributed by atoms with van der Waals surface area (Å²) in [6, 6.07) is 19.1. The second-order valence-corrected chi connectivity index (χ2v) is 7.26. The maximum atomic E-state index is 12.1. The number of esters is 1. The average molecular weight is 392 g/mol. The number of ether oxygens (including phenoxy) is 2. The molecule has 0 unspecified atom stereocenters. The van der Waals surface area contributed by atoms with Crippen molar-refractivity contribution in [3.63, 3.8) is 0 Å². The molecule has 0 aliphatic carbocycles. The fraction of sp³-hybridized carbons (Fsp3) is 0.182. The first kappa shape index (κ1) is 18.4. The number of aliphatic imine (C=N–C) groups is 1. The third kappa shape index (κ3) is 4.65. The Labute approximate surface area is 167 Å². The zero-order valence-electron chi connectivity index (χ0n) is 15.3. The minimum Gasteiger partial charge on any atom is -0.422 e. The van der Waals surface area contributed by atoms with Gasteiger partial charge in [0, 0.05) is 25.0 Å². The first-order valence-corrected chi connectivity index (χ1v) is 9.98. The summed E-state index contributed by atoms with van der Waals surface area (Å²) in [5.41, 5.74) is 2.93. The predicted molar refractivity (Wildman–Crippen MR) is 112 cm³/mol. The van der Waals surface area contributed by atoms with E-state index in [2.05, 4.69) is 22.0 Å². The van der Waals surface area contributed by atoms with Gasteiger partial charge in [0.15, 0.2) is 0 Å². The number of hydrogen-bond acceptors (Lipinski definition) is 6. The van der Waals surface area contributed by atoms with Crippen molar-refractivity contribution in [2.24, 2.45) is 4.99 Å². The van der Waals surface area contributed by atoms with Crippen LogP contribution in [0.4, 0.5) is 11.4 Å². The van der Waals surface area contributed by atoms with Gasteiger partial charge in [-0.15, -0.1) is 11.3 Å². The molecular formula is C22H20N2O3S. The number of rotatable bonds is 5. The molecule has 6 heteroatoms. The van der Waals surface area contributed by atoms with Gasteiger partial charge in [-0.3, -0.25) is 4.99 Å². The molecule has 0 saturated carbocycles. The van der Waals surface area contributed by atoms with Crippen molar-refractivity contribution >= 4 is 34.9 Å². The predicted octanol–water partition coefficient (Wildman–Crippen LogP) is 4.55. The van der Waals surface area contributed by atoms with Crippen molar-refractivity contribution in [1.82, 2.24) is 0 Å². The van der Waals surface area contributed by atoms with Crippen molar-refractivity contribution in [2.75, 3.05) is 31.2 Å². The average Bonchev–Trinajstić information content (AvgIpc) is 3.29. The van der Waals surface area contributed by atoms with Gasteiger partial charge >= 0.3 is 5.97 Å². The quantitative estimate of drug-likeness (QED) is 0.363. The number of benzene rings is 2. The fourth-order valence-corrected chi connectivity index (χ4v) is 3.53. The molecule has 28 heavy (non-hydrogen) atoms. The zero-order valence-corrected chi connectivity index (χ0v) is 16.1. The highest BCUT2D eigenvalue weighted by Crippen LogP contribution is 2.21. The van der Waals surface area contributed by atoms with Crippen LogP contribution in [0, 0.1) is 0 Å². The molecule has 2 heterocycles. The van der Waals surface area contributed by atoms with Gasteiger partial charge in [0.2, 0.25) is 0 Å². The second-order valence-electron chi connectivity index (χ2n) is 6.31. The molecule has 0 radical (unpaired) electrons. The van der Waals surface area contributed by atoms with E-state index in [-0.39, 0.29) is 5.97 Å². The van der Waals surface area contributed by atoms with Crippen LogP contribution in [0.5, 0.6) is 5.75 Å². The Kier molecular flexibility index (Phi) is 5.80. The van der Waals surface area contributed by atoms with Gasteiger partial charge in [-0.25, -0.2) is 4.79 Å². The van der Waals surface area contributed by atoms with Crippen LogP contribution in [-0.4, -0.2) is 38.5 Å². The van der Waals surface area contributed by atoms with E-state index in [1.807, 2.05) is 35.7 Å². The number of anilines is 1. The molecule has 0 amide bonds. The summed E-state index contributed by atoms with van der Waals surface area (Å²) in [7, 11) is 0. The first-order valence-electron chi connectivity index (χ1n) is 9.10. The highest BCUT2D eigenvalue weighted by molar-refractivity contribution is 7.12. The number of carbonyl (C=O) groups excluding carboxylic acids is 1. The van der Waals surface area contributed by atoms with Crippen LogP contribution < -0.4 is 9.64 Å². The lowest BCUT2D eigenvalue weighted by molar-refractivity contribution is 0.0740. The van der Waals surface area contributed by atoms with Crippen LogP contribution in [0.3, 0.4) is 0 Å². The van der Waals surface area contributed by atoms with Crippen molar-refractivity contribution < 1.29 is 14.3 Å². The number of hydrogen-bond donors (Lipinski definition) is 0. The summed E-state index contributed by atoms with van der Waals surface area (Å²) in [4.78, 5) is 19.5. The summed E-state index contributed by atoms with van der Waals surface area (Å²) in [6.07, 6.45) is 1.77. The van der Waals surface area contributed by atoms with Crippen LogP contribution >= 0.6 is 11.3 Å². The monoisotopic (exact) mass is 392 g/mol. The van der Waals surface area contributed by atoms with E-state index < -0.39 is 0 Å². The standard InChI is InChI=1S/C22H20N2O3S/c25-22(21-5-2-14-28-21)27-20-4-1-3-17(15-20)16-23-18-6-8-19(9-7-18)24-10-12-26-13-11-24/h1-9,14-16H,10-13H2. The van der Waals surface area contributed by atoms with Gasteiger partial charge in [-0.05, 0) is 53.4 Å². The van der Waals surface area contributed by atoms with Crippen LogP contribution in [0.25, 0.3) is 0 Å². The number of morpholine rings is 1. The molecule has 142 valence electrons. The maximum absolute atomic E-state index is 12.1. The molecule has 2 aromatic carbocycles. The van der Waals surface area contributed by atoms with E-state index in [4.69, 9.17) is 9.47 Å². The molecule has 1 aromatic heterocycles. The Balaban J connectivity index is 1.41. The molecule has 5 nitrogen and oxygen atoms in total. The number of nitrogens with zero attached hydrogens (tertiary/aromatic N) is 2. The molecule has 0 spiro atoms. The molecule has 1 saturated heterocycles. The SMILES string of the molecule is O=C(Oc1cccc(C=Nc2ccc(N3CCOCC3)cc2)c1)c1cccs1. The van der Waals surface area contributed by atoms with Crippen LogP contribution in [0.1, 0.15) is 15.2 Å². The van der Waals surface area contributed by atoms with E-state index >= 15 is 0 Å². The van der Waals surface area contributed by atoms with Crippen LogP contribution in [0.15, 0.2) is 71.0 Å². The Hall–Kier alpha value is -2.96. The fourth-order valence-electron chi connectivity index (χ4n) is 2.93. The molecule has 0 bridgehead atoms. The van der Waals surface area contributed by atoms with Gasteiger partial charge in [-0.2, -0.15) is 0 Å². The topological polar surface area (TPSA) is 51.1 Å². The van der Waals surface area contributed by atoms with Gasteiger partial charge < -0.3 is 14.4 Å². The minimum atomic E-state index is -0.345. The normalized spacial score (nSPS) is 14.4. The van der Waals surface area contributed by atoms with E-state index in [0.717, 1.165) is 37.6 Å². The smallest absolute Gasteiger partial charge is 0.353 e. The Morgan fingerprint density at radius 3 is 2.64 bits per heavy atom. The number of carbonyl (C=O) groups is 1. The molecule has 4 rings (SSSR count). The minimum absolute atomic E-state index is 0.345. The van der Waals surface area contributed by atoms with Crippen molar-refractivity contribution in [2.45, 2.75) is 0 Å². The first-order chi connectivity index (χ1) is 13.8. The van der Waals surface area contributed by atoms with E-state index in [1.165, 1.54) is 17.0 Å². The Morgan fingerprint density at radius 2 is 1.89 bits per heavy atom. The Morgan fingerprint density at radius 1 is 1.07 bits per heavy atom. The molecule has 0 atom stereocenters. The molecule has 1 aliphatic heterocycles. The largest absolute Gasteiger partial charge is 0.422 e. The van der Waals surface area contributed by atoms with E-state index in [0.29, 0.717) is 10.6 Å². The summed E-state index contributed by atoms with van der Waals surface area (Å²) in [5.74, 6) is 0.160. The van der Waals surface area contributed by atoms with Crippen LogP contribution in [0.2, 0.25) is 0 Å².